The Morgan fingerprint density at radius 2 is 2.06 bits per heavy atom. The lowest BCUT2D eigenvalue weighted by Gasteiger charge is -2.31. The smallest absolute Gasteiger partial charge is 0.315 e. The molecule has 2 fully saturated rings. The molecule has 3 heterocycles. The van der Waals surface area contributed by atoms with Gasteiger partial charge in [-0.1, -0.05) is 30.3 Å². The van der Waals surface area contributed by atoms with Crippen LogP contribution in [-0.4, -0.2) is 47.2 Å². The number of aromatic nitrogens is 3. The summed E-state index contributed by atoms with van der Waals surface area (Å²) >= 11 is 0. The summed E-state index contributed by atoms with van der Waals surface area (Å²) in [6.45, 7) is 8.45. The lowest BCUT2D eigenvalue weighted by atomic mass is 9.99. The zero-order valence-corrected chi connectivity index (χ0v) is 18.5. The standard InChI is InChI=1S/C24H28N6O2/c1-16-13-17(19-5-8-26-15-20(19)30-11-9-25-10-12-30)3-4-18(16)14-27-21(31)22-28-23(29-32-22)24(2)6-7-24/h3-5,8,13,15,25H,6-7,9-12,14H2,1-2H3,(H,27,31). The first-order chi connectivity index (χ1) is 15.5. The second kappa shape index (κ2) is 8.35. The molecular formula is C24H28N6O2. The quantitative estimate of drug-likeness (QED) is 0.618. The lowest BCUT2D eigenvalue weighted by Crippen LogP contribution is -2.43. The summed E-state index contributed by atoms with van der Waals surface area (Å²) < 4.78 is 5.17. The van der Waals surface area contributed by atoms with Crippen LogP contribution in [0.25, 0.3) is 11.1 Å². The van der Waals surface area contributed by atoms with E-state index < -0.39 is 0 Å². The Balaban J connectivity index is 1.29. The minimum atomic E-state index is -0.341. The highest BCUT2D eigenvalue weighted by molar-refractivity contribution is 5.89. The highest BCUT2D eigenvalue weighted by Gasteiger charge is 2.44. The SMILES string of the molecule is Cc1cc(-c2ccncc2N2CCNCC2)ccc1CNC(=O)c1nc(C2(C)CC2)no1. The molecule has 32 heavy (non-hydrogen) atoms. The Hall–Kier alpha value is -3.26. The zero-order valence-electron chi connectivity index (χ0n) is 18.5. The maximum absolute atomic E-state index is 12.5. The molecule has 1 amide bonds. The lowest BCUT2D eigenvalue weighted by molar-refractivity contribution is 0.0907. The number of hydrogen-bond acceptors (Lipinski definition) is 7. The predicted octanol–water partition coefficient (Wildman–Crippen LogP) is 2.83. The van der Waals surface area contributed by atoms with Crippen molar-refractivity contribution >= 4 is 11.6 Å². The van der Waals surface area contributed by atoms with E-state index in [1.54, 1.807) is 0 Å². The Labute approximate surface area is 187 Å². The Kier molecular flexibility index (Phi) is 5.38. The first kappa shape index (κ1) is 20.6. The van der Waals surface area contributed by atoms with Gasteiger partial charge in [0.2, 0.25) is 0 Å². The molecule has 8 heteroatoms. The molecule has 0 bridgehead atoms. The topological polar surface area (TPSA) is 96.2 Å². The number of nitrogens with zero attached hydrogens (tertiary/aromatic N) is 4. The summed E-state index contributed by atoms with van der Waals surface area (Å²) in [5.41, 5.74) is 5.62. The molecule has 1 saturated heterocycles. The average Bonchev–Trinajstić information content (AvgIpc) is 3.37. The summed E-state index contributed by atoms with van der Waals surface area (Å²) in [5.74, 6) is 0.312. The normalized spacial score (nSPS) is 17.2. The van der Waals surface area contributed by atoms with Crippen molar-refractivity contribution < 1.29 is 9.32 Å². The summed E-state index contributed by atoms with van der Waals surface area (Å²) in [6.07, 6.45) is 5.86. The van der Waals surface area contributed by atoms with Gasteiger partial charge in [-0.2, -0.15) is 4.98 Å². The summed E-state index contributed by atoms with van der Waals surface area (Å²) in [7, 11) is 0. The molecule has 0 spiro atoms. The highest BCUT2D eigenvalue weighted by Crippen LogP contribution is 2.45. The Bertz CT molecular complexity index is 1130. The first-order valence-electron chi connectivity index (χ1n) is 11.2. The van der Waals surface area contributed by atoms with Crippen molar-refractivity contribution in [3.05, 3.63) is 59.5 Å². The molecule has 1 aliphatic heterocycles. The molecule has 1 aliphatic carbocycles. The largest absolute Gasteiger partial charge is 0.367 e. The number of nitrogens with one attached hydrogen (secondary N) is 2. The van der Waals surface area contributed by atoms with E-state index >= 15 is 0 Å². The van der Waals surface area contributed by atoms with E-state index in [1.165, 1.54) is 5.56 Å². The van der Waals surface area contributed by atoms with Gasteiger partial charge in [-0.3, -0.25) is 9.78 Å². The van der Waals surface area contributed by atoms with Crippen LogP contribution in [0, 0.1) is 6.92 Å². The van der Waals surface area contributed by atoms with Gasteiger partial charge in [0.25, 0.3) is 0 Å². The fraction of sp³-hybridized carbons (Fsp3) is 0.417. The molecule has 2 aliphatic rings. The van der Waals surface area contributed by atoms with Crippen LogP contribution in [0.3, 0.4) is 0 Å². The van der Waals surface area contributed by atoms with E-state index in [0.29, 0.717) is 12.4 Å². The Morgan fingerprint density at radius 3 is 2.81 bits per heavy atom. The molecule has 2 aromatic heterocycles. The van der Waals surface area contributed by atoms with Crippen molar-refractivity contribution in [3.63, 3.8) is 0 Å². The molecule has 5 rings (SSSR count). The number of hydrogen-bond donors (Lipinski definition) is 2. The molecule has 0 unspecified atom stereocenters. The van der Waals surface area contributed by atoms with Gasteiger partial charge in [-0.25, -0.2) is 0 Å². The van der Waals surface area contributed by atoms with Crippen molar-refractivity contribution in [2.45, 2.75) is 38.6 Å². The highest BCUT2D eigenvalue weighted by atomic mass is 16.5. The predicted molar refractivity (Wildman–Crippen MR) is 122 cm³/mol. The summed E-state index contributed by atoms with van der Waals surface area (Å²) in [5, 5.41) is 10.3. The van der Waals surface area contributed by atoms with Gasteiger partial charge >= 0.3 is 11.8 Å². The van der Waals surface area contributed by atoms with Crippen LogP contribution >= 0.6 is 0 Å². The van der Waals surface area contributed by atoms with Crippen LogP contribution in [0.2, 0.25) is 0 Å². The van der Waals surface area contributed by atoms with Crippen LogP contribution in [0.1, 0.15) is 47.4 Å². The minimum Gasteiger partial charge on any atom is -0.367 e. The van der Waals surface area contributed by atoms with Crippen molar-refractivity contribution in [2.24, 2.45) is 0 Å². The molecule has 1 aromatic carbocycles. The number of benzene rings is 1. The van der Waals surface area contributed by atoms with E-state index in [9.17, 15) is 4.79 Å². The first-order valence-corrected chi connectivity index (χ1v) is 11.2. The fourth-order valence-corrected chi connectivity index (χ4v) is 4.07. The molecule has 166 valence electrons. The molecule has 1 saturated carbocycles. The van der Waals surface area contributed by atoms with Crippen LogP contribution in [0.15, 0.2) is 41.2 Å². The van der Waals surface area contributed by atoms with Crippen LogP contribution in [-0.2, 0) is 12.0 Å². The van der Waals surface area contributed by atoms with E-state index in [-0.39, 0.29) is 17.2 Å². The van der Waals surface area contributed by atoms with Gasteiger partial charge in [0.1, 0.15) is 0 Å². The van der Waals surface area contributed by atoms with Crippen molar-refractivity contribution in [1.29, 1.82) is 0 Å². The zero-order chi connectivity index (χ0) is 22.1. The number of pyridine rings is 1. The third-order valence-corrected chi connectivity index (χ3v) is 6.51. The third kappa shape index (κ3) is 4.10. The van der Waals surface area contributed by atoms with Gasteiger partial charge in [0.05, 0.1) is 11.9 Å². The molecular weight excluding hydrogens is 404 g/mol. The molecule has 8 nitrogen and oxygen atoms in total. The van der Waals surface area contributed by atoms with Crippen molar-refractivity contribution in [2.75, 3.05) is 31.1 Å². The monoisotopic (exact) mass is 432 g/mol. The van der Waals surface area contributed by atoms with E-state index in [2.05, 4.69) is 68.8 Å². The average molecular weight is 433 g/mol. The number of amides is 1. The van der Waals surface area contributed by atoms with Crippen molar-refractivity contribution in [3.8, 4) is 11.1 Å². The number of piperazine rings is 1. The molecule has 0 radical (unpaired) electrons. The number of aryl methyl sites for hydroxylation is 1. The molecule has 0 atom stereocenters. The number of carbonyl (C=O) groups excluding carboxylic acids is 1. The number of rotatable bonds is 6. The van der Waals surface area contributed by atoms with Crippen molar-refractivity contribution in [1.82, 2.24) is 25.8 Å². The second-order valence-corrected chi connectivity index (χ2v) is 8.94. The van der Waals surface area contributed by atoms with E-state index in [0.717, 1.165) is 61.4 Å². The maximum atomic E-state index is 12.5. The fourth-order valence-electron chi connectivity index (χ4n) is 4.07. The van der Waals surface area contributed by atoms with Gasteiger partial charge in [-0.15, -0.1) is 0 Å². The van der Waals surface area contributed by atoms with Gasteiger partial charge < -0.3 is 20.1 Å². The van der Waals surface area contributed by atoms with Crippen LogP contribution in [0.4, 0.5) is 5.69 Å². The van der Waals surface area contributed by atoms with E-state index in [1.807, 2.05) is 12.4 Å². The molecule has 3 aromatic rings. The Morgan fingerprint density at radius 1 is 1.25 bits per heavy atom. The maximum Gasteiger partial charge on any atom is 0.315 e. The minimum absolute atomic E-state index is 0.0228. The third-order valence-electron chi connectivity index (χ3n) is 6.51. The van der Waals surface area contributed by atoms with Crippen LogP contribution < -0.4 is 15.5 Å². The molecule has 2 N–H and O–H groups in total. The van der Waals surface area contributed by atoms with Crippen LogP contribution in [0.5, 0.6) is 0 Å². The van der Waals surface area contributed by atoms with E-state index in [4.69, 9.17) is 4.52 Å². The summed E-state index contributed by atoms with van der Waals surface area (Å²) in [4.78, 5) is 23.5. The van der Waals surface area contributed by atoms with Gasteiger partial charge in [0, 0.05) is 49.9 Å². The van der Waals surface area contributed by atoms with Gasteiger partial charge in [-0.05, 0) is 42.5 Å². The summed E-state index contributed by atoms with van der Waals surface area (Å²) in [6, 6.07) is 8.41. The van der Waals surface area contributed by atoms with Gasteiger partial charge in [0.15, 0.2) is 5.82 Å². The number of carbonyl (C=O) groups is 1. The number of anilines is 1. The second-order valence-electron chi connectivity index (χ2n) is 8.94.